The maximum atomic E-state index is 13.2. The molecule has 0 radical (unpaired) electrons. The second-order valence-corrected chi connectivity index (χ2v) is 20.4. The monoisotopic (exact) mass is 1010 g/mol. The van der Waals surface area contributed by atoms with E-state index in [1.807, 2.05) is 0 Å². The number of nitrogens with one attached hydrogen (secondary N) is 1. The van der Waals surface area contributed by atoms with E-state index in [1.54, 1.807) is 0 Å². The first kappa shape index (κ1) is 65.3. The van der Waals surface area contributed by atoms with Crippen molar-refractivity contribution in [2.75, 3.05) is 19.8 Å². The number of carbonyl (C=O) groups is 1. The molecule has 12 unspecified atom stereocenters. The molecule has 0 bridgehead atoms. The molecule has 2 aliphatic rings. The van der Waals surface area contributed by atoms with Gasteiger partial charge in [0.05, 0.1) is 32.0 Å². The zero-order valence-electron chi connectivity index (χ0n) is 44.5. The Bertz CT molecular complexity index is 1330. The van der Waals surface area contributed by atoms with Crippen LogP contribution in [0, 0.1) is 0 Å². The van der Waals surface area contributed by atoms with Crippen LogP contribution in [-0.2, 0) is 23.7 Å². The van der Waals surface area contributed by atoms with Crippen LogP contribution in [0.25, 0.3) is 0 Å². The van der Waals surface area contributed by atoms with Crippen molar-refractivity contribution in [3.8, 4) is 0 Å². The highest BCUT2D eigenvalue weighted by molar-refractivity contribution is 5.76. The summed E-state index contributed by atoms with van der Waals surface area (Å²) >= 11 is 0. The van der Waals surface area contributed by atoms with Crippen LogP contribution in [0.2, 0.25) is 0 Å². The summed E-state index contributed by atoms with van der Waals surface area (Å²) in [6.07, 6.45) is 34.3. The first-order valence-electron chi connectivity index (χ1n) is 28.7. The molecule has 2 aliphatic heterocycles. The van der Waals surface area contributed by atoms with Crippen molar-refractivity contribution >= 4 is 5.91 Å². The van der Waals surface area contributed by atoms with Gasteiger partial charge in [0.2, 0.25) is 5.91 Å². The number of aliphatic hydroxyl groups is 8. The average Bonchev–Trinajstić information content (AvgIpc) is 3.37. The Kier molecular flexibility index (Phi) is 40.0. The molecule has 71 heavy (non-hydrogen) atoms. The van der Waals surface area contributed by atoms with Crippen LogP contribution in [0.15, 0.2) is 36.5 Å². The van der Waals surface area contributed by atoms with E-state index < -0.39 is 86.8 Å². The van der Waals surface area contributed by atoms with Gasteiger partial charge in [-0.2, -0.15) is 0 Å². The van der Waals surface area contributed by atoms with Gasteiger partial charge in [0.25, 0.3) is 0 Å². The SMILES string of the molecule is CC/C=C\C/C=C\C/C=C\CCCCCCCC(=O)NC(COC1OC(CO)C(OC2OC(CO)C(O)C(O)C2O)C(O)C1O)C(O)CCCCCCCCCCCCCCCCCCCCCCCC. The van der Waals surface area contributed by atoms with Gasteiger partial charge >= 0.3 is 0 Å². The highest BCUT2D eigenvalue weighted by Crippen LogP contribution is 2.30. The Morgan fingerprint density at radius 3 is 1.49 bits per heavy atom. The standard InChI is InChI=1S/C57H105NO13/c1-3-5-7-9-11-13-15-17-19-20-21-22-23-24-25-27-28-30-32-34-36-38-40-46(61)45(58-49(62)41-39-37-35-33-31-29-26-18-16-14-12-10-8-6-4-2)44-68-56-54(67)52(65)55(48(43-60)70-56)71-57-53(66)51(64)50(63)47(42-59)69-57/h6,8,12,14,18,26,45-48,50-57,59-61,63-67H,3-5,7,9-11,13,15-17,19-25,27-44H2,1-2H3,(H,58,62)/b8-6-,14-12-,26-18-. The van der Waals surface area contributed by atoms with Crippen LogP contribution in [0.4, 0.5) is 0 Å². The van der Waals surface area contributed by atoms with E-state index in [1.165, 1.54) is 116 Å². The molecule has 14 heteroatoms. The maximum absolute atomic E-state index is 13.2. The van der Waals surface area contributed by atoms with E-state index in [0.29, 0.717) is 12.8 Å². The minimum absolute atomic E-state index is 0.223. The summed E-state index contributed by atoms with van der Waals surface area (Å²) in [7, 11) is 0. The van der Waals surface area contributed by atoms with Crippen molar-refractivity contribution < 1.29 is 64.6 Å². The van der Waals surface area contributed by atoms with Gasteiger partial charge in [-0.15, -0.1) is 0 Å². The van der Waals surface area contributed by atoms with Gasteiger partial charge in [0.15, 0.2) is 12.6 Å². The van der Waals surface area contributed by atoms with Crippen molar-refractivity contribution in [2.24, 2.45) is 0 Å². The summed E-state index contributed by atoms with van der Waals surface area (Å²) < 4.78 is 22.8. The summed E-state index contributed by atoms with van der Waals surface area (Å²) in [5, 5.41) is 87.1. The molecule has 12 atom stereocenters. The lowest BCUT2D eigenvalue weighted by Gasteiger charge is -2.46. The minimum atomic E-state index is -1.78. The normalized spacial score (nSPS) is 26.0. The van der Waals surface area contributed by atoms with Crippen LogP contribution in [0.3, 0.4) is 0 Å². The molecule has 0 aromatic heterocycles. The zero-order valence-corrected chi connectivity index (χ0v) is 44.5. The number of rotatable bonds is 45. The molecule has 2 heterocycles. The third-order valence-corrected chi connectivity index (χ3v) is 14.1. The third-order valence-electron chi connectivity index (χ3n) is 14.1. The van der Waals surface area contributed by atoms with Crippen molar-refractivity contribution in [3.63, 3.8) is 0 Å². The highest BCUT2D eigenvalue weighted by Gasteiger charge is 2.51. The van der Waals surface area contributed by atoms with Gasteiger partial charge in [-0.05, 0) is 44.9 Å². The van der Waals surface area contributed by atoms with E-state index >= 15 is 0 Å². The van der Waals surface area contributed by atoms with E-state index in [2.05, 4.69) is 55.6 Å². The largest absolute Gasteiger partial charge is 0.394 e. The molecule has 2 saturated heterocycles. The van der Waals surface area contributed by atoms with E-state index in [0.717, 1.165) is 77.0 Å². The van der Waals surface area contributed by atoms with Crippen LogP contribution in [0.5, 0.6) is 0 Å². The Balaban J connectivity index is 1.76. The fourth-order valence-electron chi connectivity index (χ4n) is 9.49. The molecule has 0 aromatic rings. The predicted molar refractivity (Wildman–Crippen MR) is 281 cm³/mol. The molecular weight excluding hydrogens is 907 g/mol. The van der Waals surface area contributed by atoms with Gasteiger partial charge in [0.1, 0.15) is 48.8 Å². The second kappa shape index (κ2) is 43.4. The van der Waals surface area contributed by atoms with Gasteiger partial charge in [-0.25, -0.2) is 0 Å². The van der Waals surface area contributed by atoms with Crippen molar-refractivity contribution in [3.05, 3.63) is 36.5 Å². The number of hydrogen-bond acceptors (Lipinski definition) is 13. The quantitative estimate of drug-likeness (QED) is 0.0205. The van der Waals surface area contributed by atoms with Crippen LogP contribution in [-0.4, -0.2) is 140 Å². The molecule has 0 spiro atoms. The molecule has 416 valence electrons. The van der Waals surface area contributed by atoms with Gasteiger partial charge < -0.3 is 65.1 Å². The Labute approximate surface area is 430 Å². The second-order valence-electron chi connectivity index (χ2n) is 20.4. The number of allylic oxidation sites excluding steroid dienone is 6. The fourth-order valence-corrected chi connectivity index (χ4v) is 9.49. The van der Waals surface area contributed by atoms with Gasteiger partial charge in [0, 0.05) is 6.42 Å². The molecule has 2 rings (SSSR count). The van der Waals surface area contributed by atoms with Crippen LogP contribution >= 0.6 is 0 Å². The Hall–Kier alpha value is -1.79. The Morgan fingerprint density at radius 1 is 0.521 bits per heavy atom. The van der Waals surface area contributed by atoms with Gasteiger partial charge in [-0.3, -0.25) is 4.79 Å². The molecular formula is C57H105NO13. The molecule has 0 saturated carbocycles. The summed E-state index contributed by atoms with van der Waals surface area (Å²) in [6.45, 7) is 2.74. The van der Waals surface area contributed by atoms with Crippen molar-refractivity contribution in [1.82, 2.24) is 5.32 Å². The summed E-state index contributed by atoms with van der Waals surface area (Å²) in [4.78, 5) is 13.2. The molecule has 9 N–H and O–H groups in total. The van der Waals surface area contributed by atoms with Crippen molar-refractivity contribution in [2.45, 2.75) is 299 Å². The minimum Gasteiger partial charge on any atom is -0.394 e. The summed E-state index contributed by atoms with van der Waals surface area (Å²) in [5.74, 6) is -0.223. The number of aliphatic hydroxyl groups excluding tert-OH is 8. The summed E-state index contributed by atoms with van der Waals surface area (Å²) in [5.41, 5.74) is 0. The van der Waals surface area contributed by atoms with E-state index in [4.69, 9.17) is 18.9 Å². The number of amides is 1. The molecule has 2 fully saturated rings. The van der Waals surface area contributed by atoms with Crippen molar-refractivity contribution in [1.29, 1.82) is 0 Å². The zero-order chi connectivity index (χ0) is 51.7. The van der Waals surface area contributed by atoms with Crippen LogP contribution < -0.4 is 5.32 Å². The Morgan fingerprint density at radius 2 is 0.972 bits per heavy atom. The predicted octanol–water partition coefficient (Wildman–Crippen LogP) is 9.05. The lowest BCUT2D eigenvalue weighted by atomic mass is 9.97. The first-order valence-corrected chi connectivity index (χ1v) is 28.7. The van der Waals surface area contributed by atoms with E-state index in [9.17, 15) is 45.6 Å². The van der Waals surface area contributed by atoms with Gasteiger partial charge in [-0.1, -0.05) is 211 Å². The highest BCUT2D eigenvalue weighted by atomic mass is 16.7. The smallest absolute Gasteiger partial charge is 0.220 e. The first-order chi connectivity index (χ1) is 34.6. The topological polar surface area (TPSA) is 228 Å². The number of hydrogen-bond donors (Lipinski definition) is 9. The third kappa shape index (κ3) is 29.8. The maximum Gasteiger partial charge on any atom is 0.220 e. The fraction of sp³-hybridized carbons (Fsp3) is 0.877. The number of carbonyl (C=O) groups excluding carboxylic acids is 1. The molecule has 14 nitrogen and oxygen atoms in total. The molecule has 0 aliphatic carbocycles. The van der Waals surface area contributed by atoms with E-state index in [-0.39, 0.29) is 18.9 Å². The summed E-state index contributed by atoms with van der Waals surface area (Å²) in [6, 6.07) is -0.838. The number of unbranched alkanes of at least 4 members (excludes halogenated alkanes) is 26. The lowest BCUT2D eigenvalue weighted by Crippen LogP contribution is -2.65. The average molecular weight is 1010 g/mol. The molecule has 1 amide bonds. The number of ether oxygens (including phenoxy) is 4. The lowest BCUT2D eigenvalue weighted by molar-refractivity contribution is -0.359. The van der Waals surface area contributed by atoms with Crippen LogP contribution in [0.1, 0.15) is 226 Å². The molecule has 0 aromatic carbocycles.